The standard InChI is InChI=1S/C18H18FN3O3/c19-13-4-1-3-12(9-13)15-10-14(23)11-21(15)7-8-22-17-16(25-18(22)24)5-2-6-20-17/h1-6,9,14-15,23H,7-8,10-11H2/t14-,15-/m1/s1. The lowest BCUT2D eigenvalue weighted by Gasteiger charge is -2.24. The molecule has 1 aliphatic rings. The molecule has 130 valence electrons. The summed E-state index contributed by atoms with van der Waals surface area (Å²) in [4.78, 5) is 18.3. The molecule has 1 fully saturated rings. The van der Waals surface area contributed by atoms with Gasteiger partial charge in [0, 0.05) is 31.9 Å². The summed E-state index contributed by atoms with van der Waals surface area (Å²) in [5.74, 6) is -0.740. The van der Waals surface area contributed by atoms with Crippen molar-refractivity contribution in [3.05, 3.63) is 64.5 Å². The molecule has 6 nitrogen and oxygen atoms in total. The number of β-amino-alcohol motifs (C(OH)–C–C–N with tert-alkyl or cyclic N) is 1. The van der Waals surface area contributed by atoms with Gasteiger partial charge >= 0.3 is 5.76 Å². The smallest absolute Gasteiger partial charge is 0.406 e. The fraction of sp³-hybridized carbons (Fsp3) is 0.333. The van der Waals surface area contributed by atoms with Crippen molar-refractivity contribution in [2.45, 2.75) is 25.1 Å². The van der Waals surface area contributed by atoms with Gasteiger partial charge in [-0.25, -0.2) is 14.2 Å². The van der Waals surface area contributed by atoms with Crippen LogP contribution in [0.3, 0.4) is 0 Å². The fourth-order valence-corrected chi connectivity index (χ4v) is 3.51. The quantitative estimate of drug-likeness (QED) is 0.784. The monoisotopic (exact) mass is 343 g/mol. The first-order chi connectivity index (χ1) is 12.1. The number of hydrogen-bond acceptors (Lipinski definition) is 5. The Balaban J connectivity index is 1.56. The predicted octanol–water partition coefficient (Wildman–Crippen LogP) is 1.94. The lowest BCUT2D eigenvalue weighted by molar-refractivity contribution is 0.173. The summed E-state index contributed by atoms with van der Waals surface area (Å²) >= 11 is 0. The minimum atomic E-state index is -0.468. The zero-order chi connectivity index (χ0) is 17.4. The molecule has 4 rings (SSSR count). The topological polar surface area (TPSA) is 71.5 Å². The van der Waals surface area contributed by atoms with Gasteiger partial charge in [-0.05, 0) is 36.2 Å². The molecule has 1 N–H and O–H groups in total. The molecule has 7 heteroatoms. The molecule has 0 saturated carbocycles. The van der Waals surface area contributed by atoms with Crippen molar-refractivity contribution in [1.82, 2.24) is 14.5 Å². The molecule has 2 atom stereocenters. The van der Waals surface area contributed by atoms with Crippen LogP contribution in [-0.4, -0.2) is 38.8 Å². The van der Waals surface area contributed by atoms with Crippen LogP contribution in [0.25, 0.3) is 11.2 Å². The van der Waals surface area contributed by atoms with Gasteiger partial charge in [-0.2, -0.15) is 0 Å². The van der Waals surface area contributed by atoms with Crippen LogP contribution in [-0.2, 0) is 6.54 Å². The zero-order valence-corrected chi connectivity index (χ0v) is 13.5. The van der Waals surface area contributed by atoms with E-state index in [1.165, 1.54) is 16.7 Å². The van der Waals surface area contributed by atoms with E-state index in [4.69, 9.17) is 4.42 Å². The van der Waals surface area contributed by atoms with Crippen LogP contribution < -0.4 is 5.76 Å². The van der Waals surface area contributed by atoms with Gasteiger partial charge in [-0.3, -0.25) is 9.47 Å². The molecule has 0 aliphatic carbocycles. The number of fused-ring (bicyclic) bond motifs is 1. The first-order valence-electron chi connectivity index (χ1n) is 8.24. The highest BCUT2D eigenvalue weighted by molar-refractivity contribution is 5.67. The molecule has 0 radical (unpaired) electrons. The van der Waals surface area contributed by atoms with Crippen molar-refractivity contribution in [2.75, 3.05) is 13.1 Å². The van der Waals surface area contributed by atoms with Gasteiger partial charge < -0.3 is 9.52 Å². The van der Waals surface area contributed by atoms with E-state index < -0.39 is 11.9 Å². The first kappa shape index (κ1) is 16.0. The second-order valence-electron chi connectivity index (χ2n) is 6.30. The second-order valence-corrected chi connectivity index (χ2v) is 6.30. The van der Waals surface area contributed by atoms with Crippen LogP contribution in [0, 0.1) is 5.82 Å². The second kappa shape index (κ2) is 6.42. The highest BCUT2D eigenvalue weighted by atomic mass is 19.1. The number of aliphatic hydroxyl groups excluding tert-OH is 1. The number of aliphatic hydroxyl groups is 1. The molecule has 0 unspecified atom stereocenters. The predicted molar refractivity (Wildman–Crippen MR) is 89.6 cm³/mol. The molecular weight excluding hydrogens is 325 g/mol. The summed E-state index contributed by atoms with van der Waals surface area (Å²) in [7, 11) is 0. The minimum Gasteiger partial charge on any atom is -0.406 e. The Morgan fingerprint density at radius 3 is 3.00 bits per heavy atom. The Hall–Kier alpha value is -2.51. The molecule has 1 aromatic carbocycles. The van der Waals surface area contributed by atoms with E-state index in [2.05, 4.69) is 9.88 Å². The van der Waals surface area contributed by atoms with Crippen LogP contribution in [0.15, 0.2) is 51.8 Å². The SMILES string of the molecule is O=c1oc2cccnc2n1CCN1C[C@H](O)C[C@@H]1c1cccc(F)c1. The Morgan fingerprint density at radius 1 is 1.28 bits per heavy atom. The van der Waals surface area contributed by atoms with Crippen LogP contribution in [0.2, 0.25) is 0 Å². The maximum Gasteiger partial charge on any atom is 0.421 e. The molecule has 0 bridgehead atoms. The van der Waals surface area contributed by atoms with Crippen LogP contribution in [0.1, 0.15) is 18.0 Å². The van der Waals surface area contributed by atoms with Gasteiger partial charge in [-0.15, -0.1) is 0 Å². The maximum atomic E-state index is 13.5. The van der Waals surface area contributed by atoms with Gasteiger partial charge in [-0.1, -0.05) is 12.1 Å². The van der Waals surface area contributed by atoms with E-state index in [0.29, 0.717) is 37.3 Å². The number of hydrogen-bond donors (Lipinski definition) is 1. The van der Waals surface area contributed by atoms with E-state index in [1.807, 2.05) is 6.07 Å². The Bertz CT molecular complexity index is 952. The van der Waals surface area contributed by atoms with Gasteiger partial charge in [0.2, 0.25) is 0 Å². The number of aromatic nitrogens is 2. The Kier molecular flexibility index (Phi) is 4.10. The summed E-state index contributed by atoms with van der Waals surface area (Å²) in [5, 5.41) is 10.0. The largest absolute Gasteiger partial charge is 0.421 e. The van der Waals surface area contributed by atoms with Crippen molar-refractivity contribution in [1.29, 1.82) is 0 Å². The van der Waals surface area contributed by atoms with Gasteiger partial charge in [0.25, 0.3) is 0 Å². The lowest BCUT2D eigenvalue weighted by Crippen LogP contribution is -2.30. The summed E-state index contributed by atoms with van der Waals surface area (Å²) in [6.07, 6.45) is 1.69. The minimum absolute atomic E-state index is 0.0764. The third-order valence-electron chi connectivity index (χ3n) is 4.65. The summed E-state index contributed by atoms with van der Waals surface area (Å²) in [5.41, 5.74) is 1.80. The lowest BCUT2D eigenvalue weighted by atomic mass is 10.0. The van der Waals surface area contributed by atoms with E-state index in [-0.39, 0.29) is 11.9 Å². The van der Waals surface area contributed by atoms with Gasteiger partial charge in [0.1, 0.15) is 5.82 Å². The van der Waals surface area contributed by atoms with Gasteiger partial charge in [0.05, 0.1) is 6.10 Å². The Morgan fingerprint density at radius 2 is 2.16 bits per heavy atom. The van der Waals surface area contributed by atoms with Gasteiger partial charge in [0.15, 0.2) is 11.2 Å². The van der Waals surface area contributed by atoms with Crippen LogP contribution >= 0.6 is 0 Å². The maximum absolute atomic E-state index is 13.5. The van der Waals surface area contributed by atoms with Crippen LogP contribution in [0.5, 0.6) is 0 Å². The highest BCUT2D eigenvalue weighted by Gasteiger charge is 2.32. The number of pyridine rings is 1. The number of rotatable bonds is 4. The molecule has 1 aliphatic heterocycles. The average Bonchev–Trinajstić information content (AvgIpc) is 3.12. The normalized spacial score (nSPS) is 21.2. The molecule has 1 saturated heterocycles. The molecular formula is C18H18FN3O3. The average molecular weight is 343 g/mol. The molecule has 3 heterocycles. The Labute approximate surface area is 143 Å². The molecule has 0 amide bonds. The van der Waals surface area contributed by atoms with E-state index >= 15 is 0 Å². The number of benzene rings is 1. The number of likely N-dealkylation sites (tertiary alicyclic amines) is 1. The summed E-state index contributed by atoms with van der Waals surface area (Å²) in [6, 6.07) is 9.78. The molecule has 3 aromatic rings. The third-order valence-corrected chi connectivity index (χ3v) is 4.65. The van der Waals surface area contributed by atoms with Crippen LogP contribution in [0.4, 0.5) is 4.39 Å². The van der Waals surface area contributed by atoms with E-state index in [9.17, 15) is 14.3 Å². The van der Waals surface area contributed by atoms with Crippen molar-refractivity contribution in [3.63, 3.8) is 0 Å². The summed E-state index contributed by atoms with van der Waals surface area (Å²) in [6.45, 7) is 1.41. The zero-order valence-electron chi connectivity index (χ0n) is 13.5. The number of oxazole rings is 1. The highest BCUT2D eigenvalue weighted by Crippen LogP contribution is 2.32. The van der Waals surface area contributed by atoms with E-state index in [0.717, 1.165) is 5.56 Å². The number of nitrogens with zero attached hydrogens (tertiary/aromatic N) is 3. The molecule has 25 heavy (non-hydrogen) atoms. The van der Waals surface area contributed by atoms with Crippen molar-refractivity contribution in [3.8, 4) is 0 Å². The van der Waals surface area contributed by atoms with Crippen molar-refractivity contribution in [2.24, 2.45) is 0 Å². The van der Waals surface area contributed by atoms with Crippen molar-refractivity contribution < 1.29 is 13.9 Å². The number of halogens is 1. The fourth-order valence-electron chi connectivity index (χ4n) is 3.51. The molecule has 2 aromatic heterocycles. The third kappa shape index (κ3) is 3.08. The summed E-state index contributed by atoms with van der Waals surface area (Å²) < 4.78 is 20.2. The van der Waals surface area contributed by atoms with E-state index in [1.54, 1.807) is 24.4 Å². The first-order valence-corrected chi connectivity index (χ1v) is 8.24. The van der Waals surface area contributed by atoms with Crippen molar-refractivity contribution >= 4 is 11.2 Å². The molecule has 0 spiro atoms.